The van der Waals surface area contributed by atoms with Gasteiger partial charge in [0.2, 0.25) is 5.88 Å². The quantitative estimate of drug-likeness (QED) is 0.294. The van der Waals surface area contributed by atoms with Gasteiger partial charge in [0.15, 0.2) is 0 Å². The van der Waals surface area contributed by atoms with E-state index in [4.69, 9.17) is 20.5 Å². The van der Waals surface area contributed by atoms with Crippen molar-refractivity contribution in [3.63, 3.8) is 0 Å². The molecule has 1 amide bonds. The summed E-state index contributed by atoms with van der Waals surface area (Å²) in [5, 5.41) is 15.8. The molecule has 4 rings (SSSR count). The second kappa shape index (κ2) is 10.2. The lowest BCUT2D eigenvalue weighted by molar-refractivity contribution is -0.112. The van der Waals surface area contributed by atoms with Crippen LogP contribution in [0.25, 0.3) is 11.1 Å². The predicted octanol–water partition coefficient (Wildman–Crippen LogP) is 3.79. The Morgan fingerprint density at radius 1 is 1.20 bits per heavy atom. The van der Waals surface area contributed by atoms with Crippen molar-refractivity contribution < 1.29 is 14.3 Å². The predicted molar refractivity (Wildman–Crippen MR) is 130 cm³/mol. The van der Waals surface area contributed by atoms with E-state index >= 15 is 0 Å². The summed E-state index contributed by atoms with van der Waals surface area (Å²) in [5.41, 5.74) is 8.61. The maximum atomic E-state index is 11.9. The number of rotatable bonds is 8. The standard InChI is InChI=1S/C25H21N7O3/c1-16(11-26)24(33)31-19-4-3-5-21(10-19)35-25-22(23(27)28-15-29-25)18-12-30-32(14-18)13-17-6-8-20(34-2)9-7-17/h3-10,12,14-15H,1,13H2,2H3,(H,31,33)(H2,27,28,29). The van der Waals surface area contributed by atoms with Crippen LogP contribution >= 0.6 is 0 Å². The molecule has 0 unspecified atom stereocenters. The molecule has 0 aliphatic rings. The molecule has 2 heterocycles. The molecule has 0 saturated heterocycles. The van der Waals surface area contributed by atoms with Gasteiger partial charge in [-0.05, 0) is 29.8 Å². The SMILES string of the molecule is C=C(C#N)C(=O)Nc1cccc(Oc2ncnc(N)c2-c2cnn(Cc3ccc(OC)cc3)c2)c1. The molecular formula is C25H21N7O3. The van der Waals surface area contributed by atoms with E-state index in [1.807, 2.05) is 30.5 Å². The number of amides is 1. The smallest absolute Gasteiger partial charge is 0.265 e. The number of nitrogen functional groups attached to an aromatic ring is 1. The van der Waals surface area contributed by atoms with E-state index in [2.05, 4.69) is 27.0 Å². The van der Waals surface area contributed by atoms with Gasteiger partial charge in [-0.2, -0.15) is 10.4 Å². The number of methoxy groups -OCH3 is 1. The zero-order chi connectivity index (χ0) is 24.8. The Morgan fingerprint density at radius 3 is 2.74 bits per heavy atom. The molecule has 10 nitrogen and oxygen atoms in total. The van der Waals surface area contributed by atoms with E-state index in [9.17, 15) is 4.79 Å². The molecule has 174 valence electrons. The van der Waals surface area contributed by atoms with Crippen LogP contribution in [0.4, 0.5) is 11.5 Å². The Hall–Kier alpha value is -5.17. The van der Waals surface area contributed by atoms with Crippen molar-refractivity contribution in [3.8, 4) is 34.6 Å². The summed E-state index contributed by atoms with van der Waals surface area (Å²) in [4.78, 5) is 20.3. The number of hydrogen-bond donors (Lipinski definition) is 2. The highest BCUT2D eigenvalue weighted by Gasteiger charge is 2.17. The number of nitrogens with zero attached hydrogens (tertiary/aromatic N) is 5. The van der Waals surface area contributed by atoms with Crippen LogP contribution in [-0.4, -0.2) is 32.8 Å². The largest absolute Gasteiger partial charge is 0.497 e. The number of ether oxygens (including phenoxy) is 2. The van der Waals surface area contributed by atoms with Crippen molar-refractivity contribution in [1.82, 2.24) is 19.7 Å². The fraction of sp³-hybridized carbons (Fsp3) is 0.0800. The molecule has 0 fully saturated rings. The summed E-state index contributed by atoms with van der Waals surface area (Å²) in [7, 11) is 1.62. The van der Waals surface area contributed by atoms with Gasteiger partial charge in [0.05, 0.1) is 25.4 Å². The monoisotopic (exact) mass is 467 g/mol. The van der Waals surface area contributed by atoms with Gasteiger partial charge in [0.1, 0.15) is 35.3 Å². The number of benzene rings is 2. The Labute approximate surface area is 201 Å². The molecule has 10 heteroatoms. The van der Waals surface area contributed by atoms with Crippen LogP contribution in [0.3, 0.4) is 0 Å². The Balaban J connectivity index is 1.56. The third-order valence-electron chi connectivity index (χ3n) is 4.98. The summed E-state index contributed by atoms with van der Waals surface area (Å²) in [5.74, 6) is 1.04. The first-order valence-corrected chi connectivity index (χ1v) is 10.4. The first-order valence-electron chi connectivity index (χ1n) is 10.4. The maximum Gasteiger partial charge on any atom is 0.265 e. The molecule has 0 bridgehead atoms. The summed E-state index contributed by atoms with van der Waals surface area (Å²) in [6.07, 6.45) is 4.80. The highest BCUT2D eigenvalue weighted by Crippen LogP contribution is 2.35. The van der Waals surface area contributed by atoms with Crippen molar-refractivity contribution in [2.24, 2.45) is 0 Å². The highest BCUT2D eigenvalue weighted by molar-refractivity contribution is 6.06. The first kappa shape index (κ1) is 23.0. The molecule has 2 aromatic carbocycles. The number of nitrogens with one attached hydrogen (secondary N) is 1. The lowest BCUT2D eigenvalue weighted by atomic mass is 10.1. The van der Waals surface area contributed by atoms with Gasteiger partial charge in [-0.15, -0.1) is 0 Å². The second-order valence-corrected chi connectivity index (χ2v) is 7.39. The molecule has 2 aromatic heterocycles. The van der Waals surface area contributed by atoms with Gasteiger partial charge in [-0.25, -0.2) is 9.97 Å². The van der Waals surface area contributed by atoms with Crippen LogP contribution in [0.1, 0.15) is 5.56 Å². The Morgan fingerprint density at radius 2 is 2.00 bits per heavy atom. The van der Waals surface area contributed by atoms with Crippen LogP contribution in [0, 0.1) is 11.3 Å². The zero-order valence-electron chi connectivity index (χ0n) is 18.8. The van der Waals surface area contributed by atoms with Crippen molar-refractivity contribution in [2.75, 3.05) is 18.2 Å². The maximum absolute atomic E-state index is 11.9. The van der Waals surface area contributed by atoms with E-state index in [-0.39, 0.29) is 17.3 Å². The van der Waals surface area contributed by atoms with Crippen LogP contribution in [0.2, 0.25) is 0 Å². The molecule has 0 radical (unpaired) electrons. The van der Waals surface area contributed by atoms with Crippen LogP contribution in [0.15, 0.2) is 79.4 Å². The fourth-order valence-corrected chi connectivity index (χ4v) is 3.23. The molecule has 0 aliphatic heterocycles. The number of nitriles is 1. The van der Waals surface area contributed by atoms with Crippen LogP contribution in [0.5, 0.6) is 17.4 Å². The number of aromatic nitrogens is 4. The minimum atomic E-state index is -0.596. The normalized spacial score (nSPS) is 10.3. The molecule has 3 N–H and O–H groups in total. The molecular weight excluding hydrogens is 446 g/mol. The molecule has 0 aliphatic carbocycles. The summed E-state index contributed by atoms with van der Waals surface area (Å²) in [6.45, 7) is 3.95. The van der Waals surface area contributed by atoms with Gasteiger partial charge in [-0.1, -0.05) is 24.8 Å². The Kier molecular flexibility index (Phi) is 6.69. The average molecular weight is 467 g/mol. The lowest BCUT2D eigenvalue weighted by Gasteiger charge is -2.11. The highest BCUT2D eigenvalue weighted by atomic mass is 16.5. The average Bonchev–Trinajstić information content (AvgIpc) is 3.32. The van der Waals surface area contributed by atoms with E-state index in [0.717, 1.165) is 11.3 Å². The number of nitrogens with two attached hydrogens (primary N) is 1. The van der Waals surface area contributed by atoms with E-state index in [0.29, 0.717) is 29.1 Å². The number of hydrogen-bond acceptors (Lipinski definition) is 8. The minimum absolute atomic E-state index is 0.200. The van der Waals surface area contributed by atoms with Crippen molar-refractivity contribution in [1.29, 1.82) is 5.26 Å². The third kappa shape index (κ3) is 5.43. The van der Waals surface area contributed by atoms with Gasteiger partial charge in [0, 0.05) is 23.5 Å². The third-order valence-corrected chi connectivity index (χ3v) is 4.98. The number of anilines is 2. The van der Waals surface area contributed by atoms with Crippen LogP contribution < -0.4 is 20.5 Å². The minimum Gasteiger partial charge on any atom is -0.497 e. The van der Waals surface area contributed by atoms with Gasteiger partial charge >= 0.3 is 0 Å². The van der Waals surface area contributed by atoms with Crippen molar-refractivity contribution in [2.45, 2.75) is 6.54 Å². The van der Waals surface area contributed by atoms with E-state index in [1.165, 1.54) is 6.33 Å². The molecule has 0 spiro atoms. The molecule has 4 aromatic rings. The van der Waals surface area contributed by atoms with E-state index < -0.39 is 5.91 Å². The second-order valence-electron chi connectivity index (χ2n) is 7.39. The molecule has 35 heavy (non-hydrogen) atoms. The van der Waals surface area contributed by atoms with Crippen LogP contribution in [-0.2, 0) is 11.3 Å². The van der Waals surface area contributed by atoms with Gasteiger partial charge in [-0.3, -0.25) is 9.48 Å². The molecule has 0 saturated carbocycles. The molecule has 0 atom stereocenters. The van der Waals surface area contributed by atoms with Crippen molar-refractivity contribution >= 4 is 17.4 Å². The van der Waals surface area contributed by atoms with Crippen molar-refractivity contribution in [3.05, 3.63) is 85.0 Å². The number of carbonyl (C=O) groups is 1. The van der Waals surface area contributed by atoms with Gasteiger partial charge < -0.3 is 20.5 Å². The van der Waals surface area contributed by atoms with E-state index in [1.54, 1.807) is 48.3 Å². The zero-order valence-corrected chi connectivity index (χ0v) is 18.8. The summed E-state index contributed by atoms with van der Waals surface area (Å²) >= 11 is 0. The lowest BCUT2D eigenvalue weighted by Crippen LogP contribution is -2.12. The first-order chi connectivity index (χ1) is 17.0. The number of carbonyl (C=O) groups excluding carboxylic acids is 1. The fourth-order valence-electron chi connectivity index (χ4n) is 3.23. The Bertz CT molecular complexity index is 1420. The van der Waals surface area contributed by atoms with Gasteiger partial charge in [0.25, 0.3) is 5.91 Å². The topological polar surface area (TPSA) is 141 Å². The summed E-state index contributed by atoms with van der Waals surface area (Å²) in [6, 6.07) is 16.1. The summed E-state index contributed by atoms with van der Waals surface area (Å²) < 4.78 is 13.0.